The molecule has 10 aromatic carbocycles. The van der Waals surface area contributed by atoms with E-state index in [1.165, 1.54) is 104 Å². The molecule has 0 bridgehead atoms. The van der Waals surface area contributed by atoms with Gasteiger partial charge in [-0.2, -0.15) is 0 Å². The van der Waals surface area contributed by atoms with Crippen molar-refractivity contribution in [2.24, 2.45) is 0 Å². The van der Waals surface area contributed by atoms with Gasteiger partial charge in [-0.25, -0.2) is 0 Å². The Morgan fingerprint density at radius 1 is 0.194 bits per heavy atom. The van der Waals surface area contributed by atoms with Gasteiger partial charge in [-0.1, -0.05) is 140 Å². The maximum Gasteiger partial charge on any atom is 0.0568 e. The topological polar surface area (TPSA) is 19.7 Å². The summed E-state index contributed by atoms with van der Waals surface area (Å²) in [6.07, 6.45) is 0. The monoisotopic (exact) mass is 788 g/mol. The van der Waals surface area contributed by atoms with Crippen LogP contribution < -0.4 is 0 Å². The van der Waals surface area contributed by atoms with E-state index in [4.69, 9.17) is 0 Å². The highest BCUT2D eigenvalue weighted by Crippen LogP contribution is 2.45. The number of nitrogens with zero attached hydrogens (tertiary/aromatic N) is 4. The van der Waals surface area contributed by atoms with Gasteiger partial charge >= 0.3 is 0 Å². The van der Waals surface area contributed by atoms with Crippen LogP contribution in [0.1, 0.15) is 0 Å². The van der Waals surface area contributed by atoms with Gasteiger partial charge in [0.15, 0.2) is 0 Å². The highest BCUT2D eigenvalue weighted by molar-refractivity contribution is 6.27. The minimum atomic E-state index is 1.13. The molecule has 0 atom stereocenters. The molecule has 0 aliphatic heterocycles. The Morgan fingerprint density at radius 3 is 1.15 bits per heavy atom. The Hall–Kier alpha value is -8.34. The third-order valence-electron chi connectivity index (χ3n) is 13.3. The number of fused-ring (bicyclic) bond motifs is 14. The molecule has 0 amide bonds. The number of benzene rings is 10. The molecule has 0 radical (unpaired) electrons. The molecule has 0 saturated carbocycles. The number of aromatic nitrogens is 4. The van der Waals surface area contributed by atoms with Crippen LogP contribution in [-0.4, -0.2) is 18.3 Å². The van der Waals surface area contributed by atoms with Crippen LogP contribution in [0.2, 0.25) is 0 Å². The molecule has 4 heteroatoms. The van der Waals surface area contributed by atoms with Crippen LogP contribution in [-0.2, 0) is 0 Å². The molecule has 0 aliphatic rings. The molecule has 0 aliphatic carbocycles. The highest BCUT2D eigenvalue weighted by Gasteiger charge is 2.23. The van der Waals surface area contributed by atoms with Gasteiger partial charge in [-0.15, -0.1) is 0 Å². The predicted molar refractivity (Wildman–Crippen MR) is 261 cm³/mol. The average Bonchev–Trinajstić information content (AvgIpc) is 4.05. The molecular weight excluding hydrogens is 753 g/mol. The minimum absolute atomic E-state index is 1.13. The van der Waals surface area contributed by atoms with Crippen LogP contribution in [0.4, 0.5) is 0 Å². The first-order valence-electron chi connectivity index (χ1n) is 21.4. The van der Waals surface area contributed by atoms with E-state index in [-0.39, 0.29) is 0 Å². The zero-order valence-electron chi connectivity index (χ0n) is 33.6. The van der Waals surface area contributed by atoms with E-state index >= 15 is 0 Å². The second-order valence-corrected chi connectivity index (χ2v) is 16.5. The normalized spacial score (nSPS) is 12.2. The minimum Gasteiger partial charge on any atom is -0.309 e. The molecule has 288 valence electrons. The second-order valence-electron chi connectivity index (χ2n) is 16.5. The molecule has 0 saturated heterocycles. The van der Waals surface area contributed by atoms with Gasteiger partial charge in [0.1, 0.15) is 0 Å². The lowest BCUT2D eigenvalue weighted by molar-refractivity contribution is 1.15. The SMILES string of the molecule is c1ccc(-n2c3cc(-n4c5ccccc5c5ccccc54)ccc3c3cc4c(cc32)c2c3ccccc3c(-n3c5ccccc5c5ccccc53)cc2n4-c2ccccc2)cc1. The molecule has 14 aromatic rings. The van der Waals surface area contributed by atoms with Crippen molar-refractivity contribution >= 4 is 98.0 Å². The van der Waals surface area contributed by atoms with Crippen molar-refractivity contribution in [2.75, 3.05) is 0 Å². The Balaban J connectivity index is 1.13. The van der Waals surface area contributed by atoms with Crippen LogP contribution in [0, 0.1) is 0 Å². The van der Waals surface area contributed by atoms with Crippen molar-refractivity contribution in [2.45, 2.75) is 0 Å². The molecule has 4 heterocycles. The fourth-order valence-electron chi connectivity index (χ4n) is 10.8. The summed E-state index contributed by atoms with van der Waals surface area (Å²) in [4.78, 5) is 0. The molecule has 14 rings (SSSR count). The van der Waals surface area contributed by atoms with Crippen LogP contribution >= 0.6 is 0 Å². The number of rotatable bonds is 4. The van der Waals surface area contributed by atoms with Crippen molar-refractivity contribution in [3.8, 4) is 22.7 Å². The van der Waals surface area contributed by atoms with Crippen molar-refractivity contribution < 1.29 is 0 Å². The van der Waals surface area contributed by atoms with Gasteiger partial charge in [-0.3, -0.25) is 0 Å². The summed E-state index contributed by atoms with van der Waals surface area (Å²) >= 11 is 0. The molecule has 4 nitrogen and oxygen atoms in total. The van der Waals surface area contributed by atoms with Gasteiger partial charge in [0.25, 0.3) is 0 Å². The molecule has 0 spiro atoms. The summed E-state index contributed by atoms with van der Waals surface area (Å²) in [6.45, 7) is 0. The smallest absolute Gasteiger partial charge is 0.0568 e. The third-order valence-corrected chi connectivity index (χ3v) is 13.3. The summed E-state index contributed by atoms with van der Waals surface area (Å²) in [5.41, 5.74) is 14.1. The Labute approximate surface area is 355 Å². The lowest BCUT2D eigenvalue weighted by Crippen LogP contribution is -1.98. The van der Waals surface area contributed by atoms with Crippen LogP contribution in [0.3, 0.4) is 0 Å². The van der Waals surface area contributed by atoms with E-state index in [2.05, 4.69) is 237 Å². The zero-order chi connectivity index (χ0) is 40.5. The van der Waals surface area contributed by atoms with Gasteiger partial charge in [-0.05, 0) is 84.2 Å². The maximum atomic E-state index is 2.49. The van der Waals surface area contributed by atoms with E-state index in [0.717, 1.165) is 17.1 Å². The molecular formula is C58H36N4. The van der Waals surface area contributed by atoms with Crippen LogP contribution in [0.5, 0.6) is 0 Å². The maximum absolute atomic E-state index is 2.49. The summed E-state index contributed by atoms with van der Waals surface area (Å²) in [6, 6.07) is 80.3. The summed E-state index contributed by atoms with van der Waals surface area (Å²) in [5, 5.41) is 12.4. The Morgan fingerprint density at radius 2 is 0.581 bits per heavy atom. The first-order valence-corrected chi connectivity index (χ1v) is 21.4. The van der Waals surface area contributed by atoms with Crippen LogP contribution in [0.25, 0.3) is 121 Å². The summed E-state index contributed by atoms with van der Waals surface area (Å²) < 4.78 is 9.86. The quantitative estimate of drug-likeness (QED) is 0.169. The van der Waals surface area contributed by atoms with Crippen molar-refractivity contribution in [3.63, 3.8) is 0 Å². The first kappa shape index (κ1) is 33.5. The molecule has 0 fully saturated rings. The van der Waals surface area contributed by atoms with Crippen molar-refractivity contribution in [1.29, 1.82) is 0 Å². The van der Waals surface area contributed by atoms with E-state index in [1.54, 1.807) is 0 Å². The number of hydrogen-bond acceptors (Lipinski definition) is 0. The highest BCUT2D eigenvalue weighted by atomic mass is 15.0. The third kappa shape index (κ3) is 4.50. The standard InChI is InChI=1S/C58H36N4/c1-3-17-37(18-4-1)59-53-33-39(61-49-27-13-9-21-40(49)41-22-10-14-28-50(41)61)31-32-45(53)47-34-55-48(35-54(47)59)58-46-26-8-7-25-44(46)56(36-57(58)60(55)38-19-5-2-6-20-38)62-51-29-15-11-23-42(51)43-24-12-16-30-52(43)62/h1-36H. The van der Waals surface area contributed by atoms with E-state index in [1.807, 2.05) is 0 Å². The Bertz CT molecular complexity index is 4030. The van der Waals surface area contributed by atoms with E-state index in [9.17, 15) is 0 Å². The number of hydrogen-bond donors (Lipinski definition) is 0. The van der Waals surface area contributed by atoms with Gasteiger partial charge in [0.2, 0.25) is 0 Å². The summed E-state index contributed by atoms with van der Waals surface area (Å²) in [7, 11) is 0. The second kappa shape index (κ2) is 12.6. The van der Waals surface area contributed by atoms with E-state index in [0.29, 0.717) is 0 Å². The van der Waals surface area contributed by atoms with Gasteiger partial charge in [0.05, 0.1) is 49.8 Å². The average molecular weight is 789 g/mol. The number of para-hydroxylation sites is 6. The van der Waals surface area contributed by atoms with Gasteiger partial charge in [0, 0.05) is 65.5 Å². The molecule has 0 unspecified atom stereocenters. The fourth-order valence-corrected chi connectivity index (χ4v) is 10.8. The Kier molecular flexibility index (Phi) is 6.80. The lowest BCUT2D eigenvalue weighted by Gasteiger charge is -2.14. The van der Waals surface area contributed by atoms with Crippen molar-refractivity contribution in [3.05, 3.63) is 218 Å². The first-order chi connectivity index (χ1) is 30.8. The fraction of sp³-hybridized carbons (Fsp3) is 0. The van der Waals surface area contributed by atoms with Gasteiger partial charge < -0.3 is 18.3 Å². The predicted octanol–water partition coefficient (Wildman–Crippen LogP) is 15.2. The zero-order valence-corrected chi connectivity index (χ0v) is 33.6. The van der Waals surface area contributed by atoms with Crippen LogP contribution in [0.15, 0.2) is 218 Å². The van der Waals surface area contributed by atoms with Crippen molar-refractivity contribution in [1.82, 2.24) is 18.3 Å². The molecule has 62 heavy (non-hydrogen) atoms. The molecule has 0 N–H and O–H groups in total. The largest absolute Gasteiger partial charge is 0.309 e. The van der Waals surface area contributed by atoms with E-state index < -0.39 is 0 Å². The lowest BCUT2D eigenvalue weighted by atomic mass is 10.0. The molecule has 4 aromatic heterocycles. The summed E-state index contributed by atoms with van der Waals surface area (Å²) in [5.74, 6) is 0.